The number of benzene rings is 2. The van der Waals surface area contributed by atoms with Gasteiger partial charge in [0.1, 0.15) is 23.4 Å². The quantitative estimate of drug-likeness (QED) is 0.740. The Morgan fingerprint density at radius 2 is 1.85 bits per heavy atom. The average Bonchev–Trinajstić information content (AvgIpc) is 3.07. The van der Waals surface area contributed by atoms with Gasteiger partial charge in [0.05, 0.1) is 0 Å². The van der Waals surface area contributed by atoms with Gasteiger partial charge in [0.25, 0.3) is 5.91 Å². The predicted octanol–water partition coefficient (Wildman–Crippen LogP) is 3.23. The Balaban J connectivity index is 1.80. The van der Waals surface area contributed by atoms with E-state index in [1.54, 1.807) is 43.6 Å². The van der Waals surface area contributed by atoms with Crippen LogP contribution in [0.3, 0.4) is 0 Å². The Bertz CT molecular complexity index is 862. The monoisotopic (exact) mass is 353 g/mol. The van der Waals surface area contributed by atoms with Crippen molar-refractivity contribution in [1.29, 1.82) is 0 Å². The first-order valence-electron chi connectivity index (χ1n) is 8.29. The van der Waals surface area contributed by atoms with Crippen LogP contribution in [0.5, 0.6) is 5.75 Å². The lowest BCUT2D eigenvalue weighted by molar-refractivity contribution is -0.127. The lowest BCUT2D eigenvalue weighted by Crippen LogP contribution is -2.39. The molecule has 3 aromatic rings. The maximum atomic E-state index is 13.3. The van der Waals surface area contributed by atoms with Gasteiger partial charge in [-0.2, -0.15) is 0 Å². The molecule has 6 heteroatoms. The molecule has 0 aliphatic heterocycles. The number of hydrogen-bond acceptors (Lipinski definition) is 3. The Morgan fingerprint density at radius 1 is 1.15 bits per heavy atom. The van der Waals surface area contributed by atoms with Gasteiger partial charge < -0.3 is 14.6 Å². The fourth-order valence-corrected chi connectivity index (χ4v) is 2.62. The number of carbonyl (C=O) groups excluding carboxylic acids is 1. The van der Waals surface area contributed by atoms with E-state index in [0.717, 1.165) is 5.56 Å². The van der Waals surface area contributed by atoms with Crippen LogP contribution in [0, 0.1) is 5.82 Å². The van der Waals surface area contributed by atoms with Gasteiger partial charge in [0, 0.05) is 19.4 Å². The fraction of sp³-hybridized carbons (Fsp3) is 0.200. The minimum atomic E-state index is -0.694. The number of nitrogens with zero attached hydrogens (tertiary/aromatic N) is 2. The summed E-state index contributed by atoms with van der Waals surface area (Å²) in [5, 5.41) is 2.95. The largest absolute Gasteiger partial charge is 0.481 e. The van der Waals surface area contributed by atoms with Crippen LogP contribution in [0.1, 0.15) is 24.4 Å². The minimum absolute atomic E-state index is 0.286. The lowest BCUT2D eigenvalue weighted by Gasteiger charge is -2.22. The zero-order valence-corrected chi connectivity index (χ0v) is 14.6. The molecule has 2 atom stereocenters. The number of hydrogen-bond donors (Lipinski definition) is 1. The van der Waals surface area contributed by atoms with E-state index in [1.807, 2.05) is 29.8 Å². The number of nitrogens with one attached hydrogen (secondary N) is 1. The summed E-state index contributed by atoms with van der Waals surface area (Å²) < 4.78 is 20.8. The second-order valence-electron chi connectivity index (χ2n) is 5.96. The van der Waals surface area contributed by atoms with Crippen LogP contribution in [-0.2, 0) is 11.8 Å². The van der Waals surface area contributed by atoms with E-state index in [9.17, 15) is 9.18 Å². The number of imidazole rings is 1. The molecule has 2 aromatic carbocycles. The molecule has 1 aromatic heterocycles. The minimum Gasteiger partial charge on any atom is -0.481 e. The van der Waals surface area contributed by atoms with Crippen LogP contribution in [-0.4, -0.2) is 21.6 Å². The van der Waals surface area contributed by atoms with Crippen LogP contribution in [0.15, 0.2) is 67.0 Å². The highest BCUT2D eigenvalue weighted by molar-refractivity contribution is 5.81. The number of para-hydroxylation sites is 1. The molecular formula is C20H20FN3O2. The SMILES string of the molecule is C[C@@H](Oc1ccccc1)C(=O)N[C@H](c1ccc(F)cc1)c1nccn1C. The van der Waals surface area contributed by atoms with E-state index in [2.05, 4.69) is 10.3 Å². The molecule has 0 saturated heterocycles. The molecule has 0 radical (unpaired) electrons. The smallest absolute Gasteiger partial charge is 0.261 e. The third-order valence-corrected chi connectivity index (χ3v) is 4.03. The molecule has 26 heavy (non-hydrogen) atoms. The highest BCUT2D eigenvalue weighted by atomic mass is 19.1. The summed E-state index contributed by atoms with van der Waals surface area (Å²) in [6.07, 6.45) is 2.75. The van der Waals surface area contributed by atoms with Crippen molar-refractivity contribution in [3.8, 4) is 5.75 Å². The normalized spacial score (nSPS) is 13.0. The Hall–Kier alpha value is -3.15. The second-order valence-corrected chi connectivity index (χ2v) is 5.96. The average molecular weight is 353 g/mol. The predicted molar refractivity (Wildman–Crippen MR) is 96.1 cm³/mol. The van der Waals surface area contributed by atoms with Crippen molar-refractivity contribution in [3.63, 3.8) is 0 Å². The summed E-state index contributed by atoms with van der Waals surface area (Å²) in [6, 6.07) is 14.6. The van der Waals surface area contributed by atoms with Gasteiger partial charge in [-0.15, -0.1) is 0 Å². The molecule has 0 bridgehead atoms. The first-order chi connectivity index (χ1) is 12.5. The van der Waals surface area contributed by atoms with Crippen molar-refractivity contribution in [2.45, 2.75) is 19.1 Å². The number of amides is 1. The third-order valence-electron chi connectivity index (χ3n) is 4.03. The van der Waals surface area contributed by atoms with E-state index in [0.29, 0.717) is 11.6 Å². The molecule has 1 N–H and O–H groups in total. The Labute approximate surface area is 151 Å². The molecular weight excluding hydrogens is 333 g/mol. The van der Waals surface area contributed by atoms with E-state index < -0.39 is 12.1 Å². The number of rotatable bonds is 6. The van der Waals surface area contributed by atoms with Gasteiger partial charge >= 0.3 is 0 Å². The first-order valence-corrected chi connectivity index (χ1v) is 8.29. The summed E-state index contributed by atoms with van der Waals surface area (Å²) in [5.41, 5.74) is 0.737. The standard InChI is InChI=1S/C20H20FN3O2/c1-14(26-17-6-4-3-5-7-17)20(25)23-18(19-22-12-13-24(19)2)15-8-10-16(21)11-9-15/h3-14,18H,1-2H3,(H,23,25)/t14-,18-/m1/s1. The lowest BCUT2D eigenvalue weighted by atomic mass is 10.1. The van der Waals surface area contributed by atoms with Gasteiger partial charge in [0.2, 0.25) is 0 Å². The highest BCUT2D eigenvalue weighted by Crippen LogP contribution is 2.21. The zero-order valence-electron chi connectivity index (χ0n) is 14.6. The van der Waals surface area contributed by atoms with Crippen molar-refractivity contribution in [1.82, 2.24) is 14.9 Å². The summed E-state index contributed by atoms with van der Waals surface area (Å²) in [4.78, 5) is 17.0. The van der Waals surface area contributed by atoms with Gasteiger partial charge in [-0.3, -0.25) is 4.79 Å². The van der Waals surface area contributed by atoms with Crippen molar-refractivity contribution < 1.29 is 13.9 Å². The number of halogens is 1. The molecule has 3 rings (SSSR count). The molecule has 0 spiro atoms. The molecule has 134 valence electrons. The van der Waals surface area contributed by atoms with Crippen LogP contribution in [0.25, 0.3) is 0 Å². The summed E-state index contributed by atoms with van der Waals surface area (Å²) in [6.45, 7) is 1.68. The Morgan fingerprint density at radius 3 is 2.46 bits per heavy atom. The fourth-order valence-electron chi connectivity index (χ4n) is 2.62. The van der Waals surface area contributed by atoms with Crippen molar-refractivity contribution in [3.05, 3.63) is 84.2 Å². The highest BCUT2D eigenvalue weighted by Gasteiger charge is 2.24. The van der Waals surface area contributed by atoms with Crippen molar-refractivity contribution in [2.75, 3.05) is 0 Å². The molecule has 1 amide bonds. The van der Waals surface area contributed by atoms with Gasteiger partial charge in [-0.25, -0.2) is 9.37 Å². The van der Waals surface area contributed by atoms with Gasteiger partial charge in [0.15, 0.2) is 6.10 Å². The van der Waals surface area contributed by atoms with Crippen LogP contribution in [0.4, 0.5) is 4.39 Å². The molecule has 1 heterocycles. The second kappa shape index (κ2) is 7.82. The van der Waals surface area contributed by atoms with Crippen molar-refractivity contribution >= 4 is 5.91 Å². The van der Waals surface area contributed by atoms with Gasteiger partial charge in [-0.05, 0) is 36.8 Å². The molecule has 0 unspecified atom stereocenters. The van der Waals surface area contributed by atoms with E-state index in [4.69, 9.17) is 4.74 Å². The zero-order chi connectivity index (χ0) is 18.5. The van der Waals surface area contributed by atoms with E-state index in [1.165, 1.54) is 12.1 Å². The summed E-state index contributed by atoms with van der Waals surface area (Å²) in [5.74, 6) is 0.646. The number of ether oxygens (including phenoxy) is 1. The topological polar surface area (TPSA) is 56.1 Å². The van der Waals surface area contributed by atoms with Crippen LogP contribution >= 0.6 is 0 Å². The summed E-state index contributed by atoms with van der Waals surface area (Å²) in [7, 11) is 1.84. The molecule has 5 nitrogen and oxygen atoms in total. The molecule has 0 aliphatic rings. The Kier molecular flexibility index (Phi) is 5.31. The van der Waals surface area contributed by atoms with Crippen LogP contribution in [0.2, 0.25) is 0 Å². The van der Waals surface area contributed by atoms with Gasteiger partial charge in [-0.1, -0.05) is 30.3 Å². The number of carbonyl (C=O) groups is 1. The summed E-state index contributed by atoms with van der Waals surface area (Å²) >= 11 is 0. The number of aryl methyl sites for hydroxylation is 1. The number of aromatic nitrogens is 2. The maximum absolute atomic E-state index is 13.3. The maximum Gasteiger partial charge on any atom is 0.261 e. The van der Waals surface area contributed by atoms with E-state index in [-0.39, 0.29) is 11.7 Å². The van der Waals surface area contributed by atoms with Crippen LogP contribution < -0.4 is 10.1 Å². The van der Waals surface area contributed by atoms with E-state index >= 15 is 0 Å². The molecule has 0 saturated carbocycles. The molecule has 0 aliphatic carbocycles. The van der Waals surface area contributed by atoms with Crippen molar-refractivity contribution in [2.24, 2.45) is 7.05 Å². The molecule has 0 fully saturated rings. The third kappa shape index (κ3) is 4.08. The first kappa shape index (κ1) is 17.7.